The molecule has 68 valence electrons. The van der Waals surface area contributed by atoms with Gasteiger partial charge >= 0.3 is 0 Å². The number of nitrogens with one attached hydrogen (secondary N) is 1. The second-order valence-electron chi connectivity index (χ2n) is 4.12. The van der Waals surface area contributed by atoms with Gasteiger partial charge in [0.1, 0.15) is 0 Å². The second kappa shape index (κ2) is 2.46. The molecule has 0 aromatic carbocycles. The Morgan fingerprint density at radius 3 is 2.67 bits per heavy atom. The van der Waals surface area contributed by atoms with Crippen LogP contribution in [0.4, 0.5) is 0 Å². The molecule has 3 heteroatoms. The first kappa shape index (κ1) is 8.05. The van der Waals surface area contributed by atoms with Gasteiger partial charge in [0.15, 0.2) is 0 Å². The summed E-state index contributed by atoms with van der Waals surface area (Å²) in [5.74, 6) is 0.303. The maximum Gasteiger partial charge on any atom is 0.240 e. The van der Waals surface area contributed by atoms with Crippen molar-refractivity contribution in [3.8, 4) is 0 Å². The minimum atomic E-state index is 0.0856. The summed E-state index contributed by atoms with van der Waals surface area (Å²) < 4.78 is 0. The number of hydrogen-bond donors (Lipinski definition) is 1. The Kier molecular flexibility index (Phi) is 1.65. The number of rotatable bonds is 2. The molecule has 0 radical (unpaired) electrons. The summed E-state index contributed by atoms with van der Waals surface area (Å²) in [6, 6.07) is 0.0856. The highest BCUT2D eigenvalue weighted by molar-refractivity contribution is 5.85. The number of amides is 1. The third kappa shape index (κ3) is 1.04. The van der Waals surface area contributed by atoms with Crippen LogP contribution in [0.2, 0.25) is 0 Å². The predicted molar refractivity (Wildman–Crippen MR) is 46.8 cm³/mol. The van der Waals surface area contributed by atoms with Gasteiger partial charge in [-0.15, -0.1) is 0 Å². The average molecular weight is 168 g/mol. The van der Waals surface area contributed by atoms with E-state index in [2.05, 4.69) is 12.2 Å². The molecule has 1 saturated heterocycles. The van der Waals surface area contributed by atoms with Crippen LogP contribution in [-0.4, -0.2) is 36.0 Å². The Labute approximate surface area is 73.1 Å². The molecule has 2 rings (SSSR count). The molecule has 1 aliphatic heterocycles. The van der Waals surface area contributed by atoms with Gasteiger partial charge in [-0.2, -0.15) is 0 Å². The quantitative estimate of drug-likeness (QED) is 0.645. The lowest BCUT2D eigenvalue weighted by Crippen LogP contribution is -2.41. The van der Waals surface area contributed by atoms with E-state index in [9.17, 15) is 4.79 Å². The molecule has 0 spiro atoms. The van der Waals surface area contributed by atoms with E-state index in [0.717, 1.165) is 13.0 Å². The van der Waals surface area contributed by atoms with Gasteiger partial charge in [-0.1, -0.05) is 0 Å². The maximum absolute atomic E-state index is 11.7. The predicted octanol–water partition coefficient (Wildman–Crippen LogP) is 0.359. The minimum absolute atomic E-state index is 0.0856. The van der Waals surface area contributed by atoms with E-state index < -0.39 is 0 Å². The van der Waals surface area contributed by atoms with E-state index in [1.807, 2.05) is 11.9 Å². The van der Waals surface area contributed by atoms with Gasteiger partial charge in [-0.05, 0) is 33.2 Å². The van der Waals surface area contributed by atoms with Crippen molar-refractivity contribution in [3.63, 3.8) is 0 Å². The molecule has 3 nitrogen and oxygen atoms in total. The zero-order valence-corrected chi connectivity index (χ0v) is 7.76. The summed E-state index contributed by atoms with van der Waals surface area (Å²) in [6.07, 6.45) is 3.36. The summed E-state index contributed by atoms with van der Waals surface area (Å²) >= 11 is 0. The van der Waals surface area contributed by atoms with Crippen molar-refractivity contribution in [2.75, 3.05) is 13.6 Å². The summed E-state index contributed by atoms with van der Waals surface area (Å²) in [7, 11) is 1.86. The lowest BCUT2D eigenvalue weighted by Gasteiger charge is -2.24. The molecular weight excluding hydrogens is 152 g/mol. The molecule has 0 aromatic rings. The minimum Gasteiger partial charge on any atom is -0.336 e. The van der Waals surface area contributed by atoms with Crippen molar-refractivity contribution in [1.82, 2.24) is 10.2 Å². The third-order valence-corrected chi connectivity index (χ3v) is 3.18. The van der Waals surface area contributed by atoms with Crippen LogP contribution < -0.4 is 5.32 Å². The zero-order chi connectivity index (χ0) is 8.77. The smallest absolute Gasteiger partial charge is 0.240 e. The topological polar surface area (TPSA) is 32.3 Å². The summed E-state index contributed by atoms with van der Waals surface area (Å²) in [5.41, 5.74) is 0.225. The van der Waals surface area contributed by atoms with Crippen molar-refractivity contribution in [2.24, 2.45) is 0 Å². The van der Waals surface area contributed by atoms with Gasteiger partial charge in [0.2, 0.25) is 5.91 Å². The Hall–Kier alpha value is -0.570. The fourth-order valence-corrected chi connectivity index (χ4v) is 1.93. The molecule has 1 saturated carbocycles. The second-order valence-corrected chi connectivity index (χ2v) is 4.12. The molecule has 12 heavy (non-hydrogen) atoms. The van der Waals surface area contributed by atoms with E-state index in [0.29, 0.717) is 5.91 Å². The normalized spacial score (nSPS) is 32.7. The van der Waals surface area contributed by atoms with Gasteiger partial charge in [-0.25, -0.2) is 0 Å². The zero-order valence-electron chi connectivity index (χ0n) is 7.76. The number of hydrogen-bond acceptors (Lipinski definition) is 2. The Morgan fingerprint density at radius 2 is 2.25 bits per heavy atom. The van der Waals surface area contributed by atoms with Gasteiger partial charge in [0.25, 0.3) is 0 Å². The van der Waals surface area contributed by atoms with Crippen molar-refractivity contribution >= 4 is 5.91 Å². The number of carbonyl (C=O) groups is 1. The molecule has 2 fully saturated rings. The molecular formula is C9H16N2O. The van der Waals surface area contributed by atoms with Crippen LogP contribution in [-0.2, 0) is 4.79 Å². The maximum atomic E-state index is 11.7. The van der Waals surface area contributed by atoms with Gasteiger partial charge in [-0.3, -0.25) is 4.79 Å². The van der Waals surface area contributed by atoms with E-state index in [1.165, 1.54) is 12.8 Å². The Morgan fingerprint density at radius 1 is 1.58 bits per heavy atom. The lowest BCUT2D eigenvalue weighted by molar-refractivity contribution is -0.131. The molecule has 1 unspecified atom stereocenters. The van der Waals surface area contributed by atoms with Crippen molar-refractivity contribution < 1.29 is 4.79 Å². The summed E-state index contributed by atoms with van der Waals surface area (Å²) in [5, 5.41) is 3.05. The van der Waals surface area contributed by atoms with Crippen LogP contribution in [0.1, 0.15) is 26.2 Å². The van der Waals surface area contributed by atoms with E-state index in [4.69, 9.17) is 0 Å². The Bertz CT molecular complexity index is 211. The molecule has 0 bridgehead atoms. The van der Waals surface area contributed by atoms with Crippen molar-refractivity contribution in [1.29, 1.82) is 0 Å². The first-order valence-corrected chi connectivity index (χ1v) is 4.66. The highest BCUT2D eigenvalue weighted by Gasteiger charge is 2.49. The van der Waals surface area contributed by atoms with Crippen LogP contribution in [0.5, 0.6) is 0 Å². The summed E-state index contributed by atoms with van der Waals surface area (Å²) in [6.45, 7) is 3.13. The summed E-state index contributed by atoms with van der Waals surface area (Å²) in [4.78, 5) is 13.7. The number of likely N-dealkylation sites (tertiary alicyclic amines) is 1. The standard InChI is InChI=1S/C9H16N2O/c1-9(4-5-9)11-6-3-7(10-2)8(11)12/h7,10H,3-6H2,1-2H3. The largest absolute Gasteiger partial charge is 0.336 e. The average Bonchev–Trinajstić information content (AvgIpc) is 2.65. The lowest BCUT2D eigenvalue weighted by atomic mass is 10.2. The van der Waals surface area contributed by atoms with Crippen LogP contribution in [0.25, 0.3) is 0 Å². The van der Waals surface area contributed by atoms with Crippen LogP contribution in [0, 0.1) is 0 Å². The first-order chi connectivity index (χ1) is 5.67. The molecule has 0 aromatic heterocycles. The Balaban J connectivity index is 2.06. The number of likely N-dealkylation sites (N-methyl/N-ethyl adjacent to an activating group) is 1. The third-order valence-electron chi connectivity index (χ3n) is 3.18. The number of nitrogens with zero attached hydrogens (tertiary/aromatic N) is 1. The highest BCUT2D eigenvalue weighted by atomic mass is 16.2. The van der Waals surface area contributed by atoms with E-state index in [1.54, 1.807) is 0 Å². The SMILES string of the molecule is CNC1CCN(C2(C)CC2)C1=O. The van der Waals surface area contributed by atoms with Crippen LogP contribution in [0.15, 0.2) is 0 Å². The monoisotopic (exact) mass is 168 g/mol. The molecule has 2 aliphatic rings. The van der Waals surface area contributed by atoms with E-state index >= 15 is 0 Å². The van der Waals surface area contributed by atoms with Crippen molar-refractivity contribution in [2.45, 2.75) is 37.8 Å². The molecule has 1 heterocycles. The fraction of sp³-hybridized carbons (Fsp3) is 0.889. The van der Waals surface area contributed by atoms with Gasteiger partial charge in [0.05, 0.1) is 6.04 Å². The van der Waals surface area contributed by atoms with Crippen LogP contribution in [0.3, 0.4) is 0 Å². The molecule has 1 atom stereocenters. The molecule has 1 aliphatic carbocycles. The highest BCUT2D eigenvalue weighted by Crippen LogP contribution is 2.43. The fourth-order valence-electron chi connectivity index (χ4n) is 1.93. The van der Waals surface area contributed by atoms with E-state index in [-0.39, 0.29) is 11.6 Å². The van der Waals surface area contributed by atoms with Crippen LogP contribution >= 0.6 is 0 Å². The first-order valence-electron chi connectivity index (χ1n) is 4.66. The van der Waals surface area contributed by atoms with Gasteiger partial charge < -0.3 is 10.2 Å². The molecule has 1 N–H and O–H groups in total. The van der Waals surface area contributed by atoms with Crippen molar-refractivity contribution in [3.05, 3.63) is 0 Å². The molecule has 1 amide bonds. The number of carbonyl (C=O) groups excluding carboxylic acids is 1. The van der Waals surface area contributed by atoms with Gasteiger partial charge in [0, 0.05) is 12.1 Å².